The molecule has 0 aliphatic heterocycles. The molecule has 0 amide bonds. The van der Waals surface area contributed by atoms with Crippen molar-refractivity contribution < 1.29 is 5.11 Å². The van der Waals surface area contributed by atoms with Crippen LogP contribution in [-0.4, -0.2) is 26.4 Å². The van der Waals surface area contributed by atoms with Crippen LogP contribution >= 0.6 is 11.8 Å². The molecule has 1 heterocycles. The third kappa shape index (κ3) is 2.92. The lowest BCUT2D eigenvalue weighted by Crippen LogP contribution is -2.26. The predicted octanol–water partition coefficient (Wildman–Crippen LogP) is 2.18. The first-order valence-corrected chi connectivity index (χ1v) is 6.27. The molecule has 1 N–H and O–H groups in total. The molecule has 1 aliphatic rings. The monoisotopic (exact) mass is 224 g/mol. The van der Waals surface area contributed by atoms with Crippen LogP contribution in [0.5, 0.6) is 0 Å². The second kappa shape index (κ2) is 4.94. The minimum atomic E-state index is -0.186. The zero-order chi connectivity index (χ0) is 10.7. The summed E-state index contributed by atoms with van der Waals surface area (Å²) in [6.45, 7) is 1.98. The van der Waals surface area contributed by atoms with E-state index in [1.165, 1.54) is 6.42 Å². The quantitative estimate of drug-likeness (QED) is 0.782. The Morgan fingerprint density at radius 1 is 1.27 bits per heavy atom. The molecule has 1 aromatic heterocycles. The van der Waals surface area contributed by atoms with Crippen molar-refractivity contribution in [3.05, 3.63) is 18.0 Å². The average molecular weight is 224 g/mol. The zero-order valence-electron chi connectivity index (χ0n) is 8.89. The number of thioether (sulfide) groups is 1. The summed E-state index contributed by atoms with van der Waals surface area (Å²) in [5.74, 6) is 0. The Kier molecular flexibility index (Phi) is 3.59. The maximum Gasteiger partial charge on any atom is 0.187 e. The fourth-order valence-electron chi connectivity index (χ4n) is 1.79. The molecule has 1 saturated carbocycles. The second-order valence-electron chi connectivity index (χ2n) is 4.05. The second-order valence-corrected chi connectivity index (χ2v) is 5.26. The van der Waals surface area contributed by atoms with Crippen molar-refractivity contribution in [1.29, 1.82) is 0 Å². The summed E-state index contributed by atoms with van der Waals surface area (Å²) in [7, 11) is 0. The maximum absolute atomic E-state index is 9.81. The minimum Gasteiger partial charge on any atom is -0.392 e. The molecule has 0 aromatic carbocycles. The van der Waals surface area contributed by atoms with Crippen LogP contribution in [0.4, 0.5) is 0 Å². The van der Waals surface area contributed by atoms with E-state index in [-0.39, 0.29) is 11.4 Å². The van der Waals surface area contributed by atoms with Gasteiger partial charge in [-0.15, -0.1) is 0 Å². The summed E-state index contributed by atoms with van der Waals surface area (Å²) in [5.41, 5.74) is 1.07. The maximum atomic E-state index is 9.81. The van der Waals surface area contributed by atoms with Crippen LogP contribution in [-0.2, 0) is 0 Å². The Balaban J connectivity index is 1.98. The van der Waals surface area contributed by atoms with Gasteiger partial charge >= 0.3 is 0 Å². The number of aryl methyl sites for hydroxylation is 1. The van der Waals surface area contributed by atoms with Gasteiger partial charge in [-0.3, -0.25) is 0 Å². The SMILES string of the molecule is Cc1cnc(SC2CCCCC2O)nc1. The van der Waals surface area contributed by atoms with Gasteiger partial charge in [0.15, 0.2) is 5.16 Å². The number of aliphatic hydroxyl groups excluding tert-OH is 1. The molecule has 2 unspecified atom stereocenters. The van der Waals surface area contributed by atoms with Gasteiger partial charge in [0.05, 0.1) is 6.10 Å². The molecule has 1 aromatic rings. The van der Waals surface area contributed by atoms with Crippen LogP contribution in [0.1, 0.15) is 31.2 Å². The first-order chi connectivity index (χ1) is 7.25. The molecular weight excluding hydrogens is 208 g/mol. The molecule has 2 rings (SSSR count). The number of nitrogens with zero attached hydrogens (tertiary/aromatic N) is 2. The Labute approximate surface area is 94.3 Å². The minimum absolute atomic E-state index is 0.186. The summed E-state index contributed by atoms with van der Waals surface area (Å²) in [6, 6.07) is 0. The Morgan fingerprint density at radius 2 is 1.93 bits per heavy atom. The van der Waals surface area contributed by atoms with E-state index in [0.29, 0.717) is 0 Å². The van der Waals surface area contributed by atoms with Crippen molar-refractivity contribution in [2.24, 2.45) is 0 Å². The molecule has 0 spiro atoms. The highest BCUT2D eigenvalue weighted by atomic mass is 32.2. The van der Waals surface area contributed by atoms with Gasteiger partial charge in [0, 0.05) is 17.6 Å². The first kappa shape index (κ1) is 10.9. The molecular formula is C11H16N2OS. The van der Waals surface area contributed by atoms with Crippen molar-refractivity contribution in [2.45, 2.75) is 49.1 Å². The summed E-state index contributed by atoms with van der Waals surface area (Å²) in [4.78, 5) is 8.50. The molecule has 3 nitrogen and oxygen atoms in total. The normalized spacial score (nSPS) is 26.5. The van der Waals surface area contributed by atoms with Crippen LogP contribution in [0.2, 0.25) is 0 Å². The van der Waals surface area contributed by atoms with Gasteiger partial charge < -0.3 is 5.11 Å². The fraction of sp³-hybridized carbons (Fsp3) is 0.636. The van der Waals surface area contributed by atoms with Crippen LogP contribution in [0.3, 0.4) is 0 Å². The van der Waals surface area contributed by atoms with E-state index in [9.17, 15) is 5.11 Å². The van der Waals surface area contributed by atoms with Crippen molar-refractivity contribution in [3.8, 4) is 0 Å². The topological polar surface area (TPSA) is 46.0 Å². The van der Waals surface area contributed by atoms with Crippen molar-refractivity contribution in [2.75, 3.05) is 0 Å². The smallest absolute Gasteiger partial charge is 0.187 e. The molecule has 0 radical (unpaired) electrons. The van der Waals surface area contributed by atoms with Crippen molar-refractivity contribution in [3.63, 3.8) is 0 Å². The Morgan fingerprint density at radius 3 is 2.60 bits per heavy atom. The summed E-state index contributed by atoms with van der Waals surface area (Å²) in [6.07, 6.45) is 7.81. The highest BCUT2D eigenvalue weighted by Gasteiger charge is 2.24. The Hall–Kier alpha value is -0.610. The van der Waals surface area contributed by atoms with Crippen molar-refractivity contribution in [1.82, 2.24) is 9.97 Å². The molecule has 82 valence electrons. The highest BCUT2D eigenvalue weighted by Crippen LogP contribution is 2.31. The predicted molar refractivity (Wildman–Crippen MR) is 60.9 cm³/mol. The number of hydrogen-bond donors (Lipinski definition) is 1. The van der Waals surface area contributed by atoms with Crippen LogP contribution in [0.15, 0.2) is 17.6 Å². The Bertz CT molecular complexity index is 315. The van der Waals surface area contributed by atoms with Crippen LogP contribution < -0.4 is 0 Å². The first-order valence-electron chi connectivity index (χ1n) is 5.39. The number of aliphatic hydroxyl groups is 1. The van der Waals surface area contributed by atoms with Gasteiger partial charge in [0.1, 0.15) is 0 Å². The van der Waals surface area contributed by atoms with Gasteiger partial charge in [0.25, 0.3) is 0 Å². The molecule has 0 saturated heterocycles. The lowest BCUT2D eigenvalue weighted by atomic mass is 9.97. The number of hydrogen-bond acceptors (Lipinski definition) is 4. The average Bonchev–Trinajstić information content (AvgIpc) is 2.25. The molecule has 1 fully saturated rings. The highest BCUT2D eigenvalue weighted by molar-refractivity contribution is 7.99. The number of rotatable bonds is 2. The largest absolute Gasteiger partial charge is 0.392 e. The van der Waals surface area contributed by atoms with Gasteiger partial charge in [-0.05, 0) is 25.3 Å². The van der Waals surface area contributed by atoms with E-state index in [4.69, 9.17) is 0 Å². The summed E-state index contributed by atoms with van der Waals surface area (Å²) < 4.78 is 0. The van der Waals surface area contributed by atoms with Crippen molar-refractivity contribution >= 4 is 11.8 Å². The van der Waals surface area contributed by atoms with E-state index < -0.39 is 0 Å². The van der Waals surface area contributed by atoms with Crippen LogP contribution in [0, 0.1) is 6.92 Å². The van der Waals surface area contributed by atoms with Gasteiger partial charge in [-0.2, -0.15) is 0 Å². The third-order valence-electron chi connectivity index (χ3n) is 2.68. The van der Waals surface area contributed by atoms with E-state index in [0.717, 1.165) is 30.0 Å². The van der Waals surface area contributed by atoms with Gasteiger partial charge in [-0.25, -0.2) is 9.97 Å². The van der Waals surface area contributed by atoms with Gasteiger partial charge in [-0.1, -0.05) is 24.6 Å². The molecule has 4 heteroatoms. The molecule has 15 heavy (non-hydrogen) atoms. The molecule has 0 bridgehead atoms. The lowest BCUT2D eigenvalue weighted by molar-refractivity contribution is 0.137. The standard InChI is InChI=1S/C11H16N2OS/c1-8-6-12-11(13-7-8)15-10-5-3-2-4-9(10)14/h6-7,9-10,14H,2-5H2,1H3. The van der Waals surface area contributed by atoms with Crippen LogP contribution in [0.25, 0.3) is 0 Å². The third-order valence-corrected chi connectivity index (χ3v) is 3.96. The lowest BCUT2D eigenvalue weighted by Gasteiger charge is -2.26. The van der Waals surface area contributed by atoms with E-state index >= 15 is 0 Å². The number of aromatic nitrogens is 2. The molecule has 2 atom stereocenters. The van der Waals surface area contributed by atoms with E-state index in [1.807, 2.05) is 19.3 Å². The van der Waals surface area contributed by atoms with Gasteiger partial charge in [0.2, 0.25) is 0 Å². The summed E-state index contributed by atoms with van der Waals surface area (Å²) in [5, 5.41) is 10.9. The van der Waals surface area contributed by atoms with E-state index in [1.54, 1.807) is 11.8 Å². The fourth-order valence-corrected chi connectivity index (χ4v) is 2.87. The summed E-state index contributed by atoms with van der Waals surface area (Å²) >= 11 is 1.61. The molecule has 1 aliphatic carbocycles. The zero-order valence-corrected chi connectivity index (χ0v) is 9.70. The van der Waals surface area contributed by atoms with E-state index in [2.05, 4.69) is 9.97 Å².